The number of nitro benzene ring substituents is 1. The summed E-state index contributed by atoms with van der Waals surface area (Å²) in [5.74, 6) is 0.659. The van der Waals surface area contributed by atoms with Crippen LogP contribution in [0, 0.1) is 10.1 Å². The third kappa shape index (κ3) is 3.69. The molecule has 0 radical (unpaired) electrons. The third-order valence-corrected chi connectivity index (χ3v) is 3.69. The molecule has 0 saturated heterocycles. The molecule has 1 heterocycles. The van der Waals surface area contributed by atoms with Crippen molar-refractivity contribution in [3.63, 3.8) is 0 Å². The zero-order valence-corrected chi connectivity index (χ0v) is 13.8. The molecule has 0 unspecified atom stereocenters. The first kappa shape index (κ1) is 17.2. The Morgan fingerprint density at radius 1 is 1.23 bits per heavy atom. The number of para-hydroxylation sites is 1. The topological polar surface area (TPSA) is 108 Å². The van der Waals surface area contributed by atoms with Gasteiger partial charge in [0.05, 0.1) is 18.6 Å². The Hall–Kier alpha value is -3.68. The van der Waals surface area contributed by atoms with Crippen LogP contribution in [0.2, 0.25) is 0 Å². The summed E-state index contributed by atoms with van der Waals surface area (Å²) in [5.41, 5.74) is 1.03. The molecule has 0 bridgehead atoms. The van der Waals surface area contributed by atoms with Crippen LogP contribution in [0.25, 0.3) is 11.3 Å². The normalized spacial score (nSPS) is 10.3. The highest BCUT2D eigenvalue weighted by Crippen LogP contribution is 2.24. The van der Waals surface area contributed by atoms with Crippen LogP contribution in [0.15, 0.2) is 59.1 Å². The van der Waals surface area contributed by atoms with E-state index in [-0.39, 0.29) is 17.8 Å². The zero-order chi connectivity index (χ0) is 18.5. The van der Waals surface area contributed by atoms with Gasteiger partial charge in [-0.3, -0.25) is 14.9 Å². The Balaban J connectivity index is 1.70. The van der Waals surface area contributed by atoms with Gasteiger partial charge in [-0.05, 0) is 18.2 Å². The van der Waals surface area contributed by atoms with Crippen molar-refractivity contribution >= 4 is 11.6 Å². The summed E-state index contributed by atoms with van der Waals surface area (Å²) in [6.07, 6.45) is 0. The van der Waals surface area contributed by atoms with Crippen molar-refractivity contribution in [2.45, 2.75) is 6.54 Å². The second-order valence-corrected chi connectivity index (χ2v) is 5.37. The smallest absolute Gasteiger partial charge is 0.282 e. The number of carbonyl (C=O) groups is 1. The molecular weight excluding hydrogens is 338 g/mol. The van der Waals surface area contributed by atoms with E-state index in [1.54, 1.807) is 25.3 Å². The lowest BCUT2D eigenvalue weighted by Gasteiger charge is -2.03. The lowest BCUT2D eigenvalue weighted by atomic mass is 10.1. The molecule has 0 aliphatic carbocycles. The molecular formula is C18H15N3O5. The van der Waals surface area contributed by atoms with Crippen LogP contribution in [-0.2, 0) is 6.54 Å². The van der Waals surface area contributed by atoms with Gasteiger partial charge >= 0.3 is 0 Å². The van der Waals surface area contributed by atoms with Crippen molar-refractivity contribution in [1.29, 1.82) is 0 Å². The average molecular weight is 353 g/mol. The molecule has 3 aromatic rings. The van der Waals surface area contributed by atoms with Crippen LogP contribution in [0.4, 0.5) is 5.69 Å². The predicted octanol–water partition coefficient (Wildman–Crippen LogP) is 3.19. The summed E-state index contributed by atoms with van der Waals surface area (Å²) < 4.78 is 10.5. The quantitative estimate of drug-likeness (QED) is 0.539. The van der Waals surface area contributed by atoms with E-state index in [4.69, 9.17) is 9.26 Å². The number of rotatable bonds is 6. The van der Waals surface area contributed by atoms with Crippen LogP contribution in [-0.4, -0.2) is 23.1 Å². The Labute approximate surface area is 148 Å². The van der Waals surface area contributed by atoms with Crippen molar-refractivity contribution < 1.29 is 19.0 Å². The number of hydrogen-bond acceptors (Lipinski definition) is 6. The molecule has 1 amide bonds. The van der Waals surface area contributed by atoms with E-state index >= 15 is 0 Å². The number of amides is 1. The molecule has 26 heavy (non-hydrogen) atoms. The minimum atomic E-state index is -0.591. The fourth-order valence-corrected chi connectivity index (χ4v) is 2.40. The highest BCUT2D eigenvalue weighted by molar-refractivity contribution is 5.98. The molecule has 0 aliphatic rings. The molecule has 0 fully saturated rings. The summed E-state index contributed by atoms with van der Waals surface area (Å²) >= 11 is 0. The van der Waals surface area contributed by atoms with Gasteiger partial charge in [-0.25, -0.2) is 0 Å². The maximum atomic E-state index is 12.2. The largest absolute Gasteiger partial charge is 0.497 e. The summed E-state index contributed by atoms with van der Waals surface area (Å²) in [5, 5.41) is 17.5. The number of ether oxygens (including phenoxy) is 1. The Bertz CT molecular complexity index is 951. The van der Waals surface area contributed by atoms with Crippen LogP contribution in [0.5, 0.6) is 5.75 Å². The lowest BCUT2D eigenvalue weighted by molar-refractivity contribution is -0.385. The van der Waals surface area contributed by atoms with Crippen LogP contribution in [0.3, 0.4) is 0 Å². The Kier molecular flexibility index (Phi) is 4.93. The number of nitro groups is 1. The number of nitrogens with one attached hydrogen (secondary N) is 1. The van der Waals surface area contributed by atoms with Gasteiger partial charge in [-0.1, -0.05) is 29.4 Å². The van der Waals surface area contributed by atoms with Gasteiger partial charge in [0.1, 0.15) is 17.0 Å². The maximum absolute atomic E-state index is 12.2. The standard InChI is InChI=1S/C18H15N3O5/c1-25-14-6-4-5-12(9-14)17-10-13(20-26-17)11-19-18(22)15-7-2-3-8-16(15)21(23)24/h2-10H,11H2,1H3,(H,19,22). The molecule has 1 N–H and O–H groups in total. The number of aromatic nitrogens is 1. The first-order valence-electron chi connectivity index (χ1n) is 7.70. The SMILES string of the molecule is COc1cccc(-c2cc(CNC(=O)c3ccccc3[N+](=O)[O-])no2)c1. The second-order valence-electron chi connectivity index (χ2n) is 5.37. The molecule has 8 heteroatoms. The fraction of sp³-hybridized carbons (Fsp3) is 0.111. The first-order chi connectivity index (χ1) is 12.6. The van der Waals surface area contributed by atoms with Crippen molar-refractivity contribution in [2.75, 3.05) is 7.11 Å². The minimum absolute atomic E-state index is 0.00554. The van der Waals surface area contributed by atoms with Gasteiger partial charge in [0.2, 0.25) is 0 Å². The number of methoxy groups -OCH3 is 1. The molecule has 132 valence electrons. The van der Waals surface area contributed by atoms with E-state index < -0.39 is 10.8 Å². The Morgan fingerprint density at radius 3 is 2.81 bits per heavy atom. The second kappa shape index (κ2) is 7.47. The summed E-state index contributed by atoms with van der Waals surface area (Å²) in [4.78, 5) is 22.6. The lowest BCUT2D eigenvalue weighted by Crippen LogP contribution is -2.23. The predicted molar refractivity (Wildman–Crippen MR) is 92.8 cm³/mol. The van der Waals surface area contributed by atoms with E-state index in [0.717, 1.165) is 5.56 Å². The van der Waals surface area contributed by atoms with Crippen LogP contribution >= 0.6 is 0 Å². The molecule has 0 saturated carbocycles. The Morgan fingerprint density at radius 2 is 2.04 bits per heavy atom. The van der Waals surface area contributed by atoms with Crippen molar-refractivity contribution in [3.05, 3.63) is 76.0 Å². The molecule has 0 atom stereocenters. The molecule has 0 spiro atoms. The van der Waals surface area contributed by atoms with Gasteiger partial charge in [0.25, 0.3) is 11.6 Å². The van der Waals surface area contributed by atoms with Crippen molar-refractivity contribution in [3.8, 4) is 17.1 Å². The number of benzene rings is 2. The monoisotopic (exact) mass is 353 g/mol. The number of carbonyl (C=O) groups excluding carboxylic acids is 1. The third-order valence-electron chi connectivity index (χ3n) is 3.69. The zero-order valence-electron chi connectivity index (χ0n) is 13.8. The molecule has 2 aromatic carbocycles. The molecule has 3 rings (SSSR count). The summed E-state index contributed by atoms with van der Waals surface area (Å²) in [6, 6.07) is 14.7. The van der Waals surface area contributed by atoms with Crippen molar-refractivity contribution in [2.24, 2.45) is 0 Å². The van der Waals surface area contributed by atoms with E-state index in [9.17, 15) is 14.9 Å². The summed E-state index contributed by atoms with van der Waals surface area (Å²) in [6.45, 7) is 0.0817. The minimum Gasteiger partial charge on any atom is -0.497 e. The number of hydrogen-bond donors (Lipinski definition) is 1. The van der Waals surface area contributed by atoms with Gasteiger partial charge in [-0.2, -0.15) is 0 Å². The fourth-order valence-electron chi connectivity index (χ4n) is 2.40. The van der Waals surface area contributed by atoms with E-state index in [1.807, 2.05) is 18.2 Å². The molecule has 8 nitrogen and oxygen atoms in total. The highest BCUT2D eigenvalue weighted by Gasteiger charge is 2.19. The highest BCUT2D eigenvalue weighted by atomic mass is 16.6. The maximum Gasteiger partial charge on any atom is 0.282 e. The van der Waals surface area contributed by atoms with E-state index in [2.05, 4.69) is 10.5 Å². The van der Waals surface area contributed by atoms with Gasteiger partial charge in [-0.15, -0.1) is 0 Å². The van der Waals surface area contributed by atoms with Gasteiger partial charge < -0.3 is 14.6 Å². The van der Waals surface area contributed by atoms with E-state index in [1.165, 1.54) is 18.2 Å². The summed E-state index contributed by atoms with van der Waals surface area (Å²) in [7, 11) is 1.57. The van der Waals surface area contributed by atoms with Gasteiger partial charge in [0.15, 0.2) is 5.76 Å². The average Bonchev–Trinajstić information content (AvgIpc) is 3.15. The number of nitrogens with zero attached hydrogens (tertiary/aromatic N) is 2. The molecule has 1 aromatic heterocycles. The van der Waals surface area contributed by atoms with Crippen LogP contribution in [0.1, 0.15) is 16.1 Å². The van der Waals surface area contributed by atoms with Crippen molar-refractivity contribution in [1.82, 2.24) is 10.5 Å². The first-order valence-corrected chi connectivity index (χ1v) is 7.70. The van der Waals surface area contributed by atoms with E-state index in [0.29, 0.717) is 17.2 Å². The van der Waals surface area contributed by atoms with Crippen LogP contribution < -0.4 is 10.1 Å². The molecule has 0 aliphatic heterocycles. The van der Waals surface area contributed by atoms with Gasteiger partial charge in [0, 0.05) is 17.7 Å².